The monoisotopic (exact) mass is 395 g/mol. The average molecular weight is 396 g/mol. The Morgan fingerprint density at radius 2 is 1.21 bits per heavy atom. The molecule has 0 saturated heterocycles. The molecule has 2 aromatic rings. The standard InChI is InChI=1S/C24H33N3O2/c1-15(2)19-7-9-20(10-8-19)23(16(3)4)25-17(5)24(29)27-22-13-11-21(12-14-22)26-18(6)28/h7-17,23,25H,1-6H3,(H,26,28)(H,27,29)/t17-,23-/m1/s1. The van der Waals surface area contributed by atoms with Crippen LogP contribution in [-0.4, -0.2) is 17.9 Å². The number of rotatable bonds is 8. The molecule has 0 bridgehead atoms. The Morgan fingerprint density at radius 1 is 0.724 bits per heavy atom. The summed E-state index contributed by atoms with van der Waals surface area (Å²) < 4.78 is 0. The van der Waals surface area contributed by atoms with Gasteiger partial charge >= 0.3 is 0 Å². The van der Waals surface area contributed by atoms with Crippen LogP contribution in [0.25, 0.3) is 0 Å². The van der Waals surface area contributed by atoms with Crippen molar-refractivity contribution in [2.45, 2.75) is 59.5 Å². The summed E-state index contributed by atoms with van der Waals surface area (Å²) in [6.45, 7) is 12.0. The highest BCUT2D eigenvalue weighted by Crippen LogP contribution is 2.25. The van der Waals surface area contributed by atoms with Gasteiger partial charge < -0.3 is 10.6 Å². The molecule has 0 aromatic heterocycles. The highest BCUT2D eigenvalue weighted by molar-refractivity contribution is 5.95. The third kappa shape index (κ3) is 6.71. The molecule has 0 unspecified atom stereocenters. The van der Waals surface area contributed by atoms with Crippen molar-refractivity contribution >= 4 is 23.2 Å². The lowest BCUT2D eigenvalue weighted by Crippen LogP contribution is -2.41. The minimum atomic E-state index is -0.359. The summed E-state index contributed by atoms with van der Waals surface area (Å²) in [5, 5.41) is 9.11. The van der Waals surface area contributed by atoms with Gasteiger partial charge in [0.25, 0.3) is 0 Å². The summed E-state index contributed by atoms with van der Waals surface area (Å²) in [5.74, 6) is 0.617. The van der Waals surface area contributed by atoms with Gasteiger partial charge in [0, 0.05) is 24.3 Å². The first-order valence-electron chi connectivity index (χ1n) is 10.2. The van der Waals surface area contributed by atoms with E-state index in [-0.39, 0.29) is 23.9 Å². The number of carbonyl (C=O) groups excluding carboxylic acids is 2. The van der Waals surface area contributed by atoms with Crippen LogP contribution in [-0.2, 0) is 9.59 Å². The maximum absolute atomic E-state index is 12.7. The van der Waals surface area contributed by atoms with Gasteiger partial charge in [0.15, 0.2) is 0 Å². The third-order valence-electron chi connectivity index (χ3n) is 4.92. The van der Waals surface area contributed by atoms with Gasteiger partial charge in [-0.3, -0.25) is 14.9 Å². The van der Waals surface area contributed by atoms with Crippen molar-refractivity contribution in [1.29, 1.82) is 0 Å². The normalized spacial score (nSPS) is 13.2. The molecule has 5 nitrogen and oxygen atoms in total. The fraction of sp³-hybridized carbons (Fsp3) is 0.417. The number of hydrogen-bond acceptors (Lipinski definition) is 3. The molecule has 0 fully saturated rings. The Hall–Kier alpha value is -2.66. The number of anilines is 2. The van der Waals surface area contributed by atoms with Crippen molar-refractivity contribution in [1.82, 2.24) is 5.32 Å². The zero-order chi connectivity index (χ0) is 21.6. The van der Waals surface area contributed by atoms with E-state index in [1.807, 2.05) is 6.92 Å². The van der Waals surface area contributed by atoms with Crippen molar-refractivity contribution in [3.63, 3.8) is 0 Å². The second kappa shape index (κ2) is 10.2. The van der Waals surface area contributed by atoms with Crippen molar-refractivity contribution in [2.75, 3.05) is 10.6 Å². The minimum absolute atomic E-state index is 0.0825. The smallest absolute Gasteiger partial charge is 0.241 e. The number of hydrogen-bond donors (Lipinski definition) is 3. The molecule has 0 heterocycles. The Bertz CT molecular complexity index is 811. The molecule has 2 rings (SSSR count). The molecular weight excluding hydrogens is 362 g/mol. The highest BCUT2D eigenvalue weighted by atomic mass is 16.2. The molecule has 0 radical (unpaired) electrons. The molecule has 2 amide bonds. The molecular formula is C24H33N3O2. The van der Waals surface area contributed by atoms with E-state index in [9.17, 15) is 9.59 Å². The lowest BCUT2D eigenvalue weighted by molar-refractivity contribution is -0.118. The molecule has 0 aliphatic heterocycles. The topological polar surface area (TPSA) is 70.2 Å². The first-order chi connectivity index (χ1) is 13.7. The summed E-state index contributed by atoms with van der Waals surface area (Å²) in [5.41, 5.74) is 3.89. The second-order valence-electron chi connectivity index (χ2n) is 8.18. The maximum atomic E-state index is 12.7. The predicted octanol–water partition coefficient (Wildman–Crippen LogP) is 5.08. The van der Waals surface area contributed by atoms with Crippen LogP contribution in [0.2, 0.25) is 0 Å². The Morgan fingerprint density at radius 3 is 1.66 bits per heavy atom. The molecule has 0 spiro atoms. The summed E-state index contributed by atoms with van der Waals surface area (Å²) in [6.07, 6.45) is 0. The largest absolute Gasteiger partial charge is 0.326 e. The lowest BCUT2D eigenvalue weighted by Gasteiger charge is -2.27. The van der Waals surface area contributed by atoms with Gasteiger partial charge in [-0.1, -0.05) is 52.0 Å². The van der Waals surface area contributed by atoms with Crippen LogP contribution in [0.1, 0.15) is 64.6 Å². The number of benzene rings is 2. The number of carbonyl (C=O) groups is 2. The van der Waals surface area contributed by atoms with Crippen molar-refractivity contribution in [3.8, 4) is 0 Å². The Kier molecular flexibility index (Phi) is 7.97. The van der Waals surface area contributed by atoms with Gasteiger partial charge in [0.1, 0.15) is 0 Å². The van der Waals surface area contributed by atoms with Gasteiger partial charge in [-0.25, -0.2) is 0 Å². The molecule has 5 heteroatoms. The minimum Gasteiger partial charge on any atom is -0.326 e. The van der Waals surface area contributed by atoms with Gasteiger partial charge in [0.2, 0.25) is 11.8 Å². The fourth-order valence-corrected chi connectivity index (χ4v) is 3.20. The quantitative estimate of drug-likeness (QED) is 0.583. The molecule has 2 aromatic carbocycles. The van der Waals surface area contributed by atoms with Gasteiger partial charge in [0.05, 0.1) is 6.04 Å². The van der Waals surface area contributed by atoms with Crippen LogP contribution < -0.4 is 16.0 Å². The lowest BCUT2D eigenvalue weighted by atomic mass is 9.93. The van der Waals surface area contributed by atoms with E-state index in [0.717, 1.165) is 0 Å². The molecule has 0 saturated carbocycles. The summed E-state index contributed by atoms with van der Waals surface area (Å²) in [6, 6.07) is 15.4. The van der Waals surface area contributed by atoms with E-state index in [4.69, 9.17) is 0 Å². The molecule has 29 heavy (non-hydrogen) atoms. The van der Waals surface area contributed by atoms with E-state index in [1.165, 1.54) is 18.1 Å². The van der Waals surface area contributed by atoms with E-state index in [2.05, 4.69) is 67.9 Å². The molecule has 3 N–H and O–H groups in total. The number of amides is 2. The van der Waals surface area contributed by atoms with Crippen LogP contribution in [0.4, 0.5) is 11.4 Å². The van der Waals surface area contributed by atoms with E-state index >= 15 is 0 Å². The first-order valence-corrected chi connectivity index (χ1v) is 10.2. The van der Waals surface area contributed by atoms with Crippen molar-refractivity contribution in [2.24, 2.45) is 5.92 Å². The molecule has 156 valence electrons. The van der Waals surface area contributed by atoms with Crippen LogP contribution in [0, 0.1) is 5.92 Å². The van der Waals surface area contributed by atoms with Gasteiger partial charge in [-0.05, 0) is 54.2 Å². The Labute approximate surface area is 174 Å². The van der Waals surface area contributed by atoms with Crippen LogP contribution >= 0.6 is 0 Å². The third-order valence-corrected chi connectivity index (χ3v) is 4.92. The molecule has 0 aliphatic rings. The fourth-order valence-electron chi connectivity index (χ4n) is 3.20. The summed E-state index contributed by atoms with van der Waals surface area (Å²) >= 11 is 0. The zero-order valence-electron chi connectivity index (χ0n) is 18.2. The molecule has 0 aliphatic carbocycles. The number of nitrogens with one attached hydrogen (secondary N) is 3. The Balaban J connectivity index is 2.02. The SMILES string of the molecule is CC(=O)Nc1ccc(NC(=O)[C@@H](C)N[C@@H](c2ccc(C(C)C)cc2)C(C)C)cc1. The zero-order valence-corrected chi connectivity index (χ0v) is 18.2. The van der Waals surface area contributed by atoms with Crippen molar-refractivity contribution < 1.29 is 9.59 Å². The van der Waals surface area contributed by atoms with E-state index in [1.54, 1.807) is 24.3 Å². The van der Waals surface area contributed by atoms with E-state index in [0.29, 0.717) is 23.2 Å². The highest BCUT2D eigenvalue weighted by Gasteiger charge is 2.22. The van der Waals surface area contributed by atoms with Crippen molar-refractivity contribution in [3.05, 3.63) is 59.7 Å². The van der Waals surface area contributed by atoms with Crippen LogP contribution in [0.3, 0.4) is 0 Å². The summed E-state index contributed by atoms with van der Waals surface area (Å²) in [4.78, 5) is 23.8. The van der Waals surface area contributed by atoms with Gasteiger partial charge in [-0.15, -0.1) is 0 Å². The second-order valence-corrected chi connectivity index (χ2v) is 8.18. The molecule has 2 atom stereocenters. The van der Waals surface area contributed by atoms with Crippen LogP contribution in [0.5, 0.6) is 0 Å². The maximum Gasteiger partial charge on any atom is 0.241 e. The van der Waals surface area contributed by atoms with Crippen LogP contribution in [0.15, 0.2) is 48.5 Å². The first kappa shape index (κ1) is 22.6. The summed E-state index contributed by atoms with van der Waals surface area (Å²) in [7, 11) is 0. The van der Waals surface area contributed by atoms with Gasteiger partial charge in [-0.2, -0.15) is 0 Å². The average Bonchev–Trinajstić information content (AvgIpc) is 2.66. The van der Waals surface area contributed by atoms with E-state index < -0.39 is 0 Å². The predicted molar refractivity (Wildman–Crippen MR) is 120 cm³/mol.